The zero-order chi connectivity index (χ0) is 12.1. The molecule has 0 radical (unpaired) electrons. The van der Waals surface area contributed by atoms with Crippen molar-refractivity contribution in [3.05, 3.63) is 39.9 Å². The highest BCUT2D eigenvalue weighted by Gasteiger charge is 2.15. The van der Waals surface area contributed by atoms with E-state index in [0.717, 1.165) is 0 Å². The molecule has 0 bridgehead atoms. The van der Waals surface area contributed by atoms with Gasteiger partial charge < -0.3 is 5.11 Å². The monoisotopic (exact) mass is 219 g/mol. The molecule has 1 aromatic rings. The minimum Gasteiger partial charge on any atom is -0.387 e. The molecule has 0 spiro atoms. The molecule has 0 aliphatic heterocycles. The van der Waals surface area contributed by atoms with Crippen molar-refractivity contribution < 1.29 is 10.0 Å². The maximum Gasteiger partial charge on any atom is 0.269 e. The molecule has 0 fully saturated rings. The summed E-state index contributed by atoms with van der Waals surface area (Å²) in [6.07, 6.45) is -0.715. The number of hydrogen-bond donors (Lipinski definition) is 1. The first-order valence-corrected chi connectivity index (χ1v) is 4.91. The molecule has 0 aliphatic carbocycles. The van der Waals surface area contributed by atoms with Crippen LogP contribution in [0.5, 0.6) is 0 Å². The van der Waals surface area contributed by atoms with Crippen molar-refractivity contribution in [3.63, 3.8) is 0 Å². The van der Waals surface area contributed by atoms with Crippen molar-refractivity contribution in [3.8, 4) is 11.8 Å². The number of rotatable bonds is 3. The maximum absolute atomic E-state index is 10.4. The average Bonchev–Trinajstić information content (AvgIpc) is 2.28. The third-order valence-corrected chi connectivity index (χ3v) is 2.29. The normalized spacial score (nSPS) is 13.4. The smallest absolute Gasteiger partial charge is 0.269 e. The van der Waals surface area contributed by atoms with E-state index in [1.807, 2.05) is 6.92 Å². The van der Waals surface area contributed by atoms with Crippen LogP contribution in [0.15, 0.2) is 24.3 Å². The summed E-state index contributed by atoms with van der Waals surface area (Å²) in [5.74, 6) is 5.39. The fraction of sp³-hybridized carbons (Fsp3) is 0.333. The lowest BCUT2D eigenvalue weighted by atomic mass is 9.98. The fourth-order valence-electron chi connectivity index (χ4n) is 1.39. The van der Waals surface area contributed by atoms with Gasteiger partial charge in [0.25, 0.3) is 5.69 Å². The lowest BCUT2D eigenvalue weighted by Gasteiger charge is -2.13. The first kappa shape index (κ1) is 12.2. The second-order valence-electron chi connectivity index (χ2n) is 3.48. The molecule has 4 nitrogen and oxygen atoms in total. The first-order valence-electron chi connectivity index (χ1n) is 4.91. The van der Waals surface area contributed by atoms with E-state index in [0.29, 0.717) is 5.56 Å². The highest BCUT2D eigenvalue weighted by Crippen LogP contribution is 2.23. The number of nitrogens with zero attached hydrogens (tertiary/aromatic N) is 1. The molecule has 0 unspecified atom stereocenters. The van der Waals surface area contributed by atoms with Crippen LogP contribution in [0.4, 0.5) is 5.69 Å². The molecule has 0 saturated heterocycles. The van der Waals surface area contributed by atoms with Crippen molar-refractivity contribution in [2.75, 3.05) is 0 Å². The van der Waals surface area contributed by atoms with Crippen LogP contribution in [0.1, 0.15) is 25.5 Å². The Morgan fingerprint density at radius 3 is 2.38 bits per heavy atom. The number of aliphatic hydroxyl groups excluding tert-OH is 1. The van der Waals surface area contributed by atoms with E-state index in [-0.39, 0.29) is 11.6 Å². The Labute approximate surface area is 94.1 Å². The minimum atomic E-state index is -0.715. The SMILES string of the molecule is CC#C[C@H](C)[C@@H](O)c1ccc([N+](=O)[O-])cc1. The van der Waals surface area contributed by atoms with Crippen LogP contribution in [0.2, 0.25) is 0 Å². The summed E-state index contributed by atoms with van der Waals surface area (Å²) in [4.78, 5) is 9.97. The number of aliphatic hydroxyl groups is 1. The van der Waals surface area contributed by atoms with E-state index in [4.69, 9.17) is 0 Å². The molecule has 0 aliphatic rings. The molecule has 4 heteroatoms. The number of non-ortho nitro benzene ring substituents is 1. The van der Waals surface area contributed by atoms with Crippen LogP contribution in [0.3, 0.4) is 0 Å². The Balaban J connectivity index is 2.88. The second kappa shape index (κ2) is 5.29. The van der Waals surface area contributed by atoms with E-state index >= 15 is 0 Å². The van der Waals surface area contributed by atoms with Gasteiger partial charge in [-0.1, -0.05) is 5.92 Å². The third kappa shape index (κ3) is 2.81. The van der Waals surface area contributed by atoms with Gasteiger partial charge >= 0.3 is 0 Å². The van der Waals surface area contributed by atoms with Gasteiger partial charge in [-0.3, -0.25) is 10.1 Å². The highest BCUT2D eigenvalue weighted by molar-refractivity contribution is 5.34. The van der Waals surface area contributed by atoms with Gasteiger partial charge in [-0.2, -0.15) is 0 Å². The van der Waals surface area contributed by atoms with Crippen molar-refractivity contribution in [2.24, 2.45) is 5.92 Å². The quantitative estimate of drug-likeness (QED) is 0.482. The van der Waals surface area contributed by atoms with Crippen LogP contribution in [-0.4, -0.2) is 10.0 Å². The molecule has 0 saturated carbocycles. The molecular formula is C12H13NO3. The lowest BCUT2D eigenvalue weighted by Crippen LogP contribution is -2.07. The van der Waals surface area contributed by atoms with E-state index in [1.54, 1.807) is 19.1 Å². The van der Waals surface area contributed by atoms with E-state index in [2.05, 4.69) is 11.8 Å². The maximum atomic E-state index is 10.4. The number of nitro groups is 1. The van der Waals surface area contributed by atoms with Gasteiger partial charge in [-0.25, -0.2) is 0 Å². The average molecular weight is 219 g/mol. The first-order chi connectivity index (χ1) is 7.56. The fourth-order valence-corrected chi connectivity index (χ4v) is 1.39. The number of hydrogen-bond acceptors (Lipinski definition) is 3. The summed E-state index contributed by atoms with van der Waals surface area (Å²) in [5, 5.41) is 20.3. The third-order valence-electron chi connectivity index (χ3n) is 2.29. The van der Waals surface area contributed by atoms with Gasteiger partial charge in [0.15, 0.2) is 0 Å². The number of nitro benzene ring substituents is 1. The summed E-state index contributed by atoms with van der Waals surface area (Å²) >= 11 is 0. The van der Waals surface area contributed by atoms with Gasteiger partial charge in [0.05, 0.1) is 11.0 Å². The van der Waals surface area contributed by atoms with Crippen LogP contribution in [0.25, 0.3) is 0 Å². The molecule has 0 aromatic heterocycles. The molecule has 0 amide bonds. The summed E-state index contributed by atoms with van der Waals surface area (Å²) in [6.45, 7) is 3.52. The Bertz CT molecular complexity index is 428. The van der Waals surface area contributed by atoms with Gasteiger partial charge in [-0.05, 0) is 31.5 Å². The summed E-state index contributed by atoms with van der Waals surface area (Å²) in [7, 11) is 0. The standard InChI is InChI=1S/C12H13NO3/c1-3-4-9(2)12(14)10-5-7-11(8-6-10)13(15)16/h5-9,12,14H,1-2H3/t9-,12+/m0/s1. The Hall–Kier alpha value is -1.86. The molecule has 1 aromatic carbocycles. The van der Waals surface area contributed by atoms with Gasteiger partial charge in [0.2, 0.25) is 0 Å². The highest BCUT2D eigenvalue weighted by atomic mass is 16.6. The largest absolute Gasteiger partial charge is 0.387 e. The summed E-state index contributed by atoms with van der Waals surface area (Å²) < 4.78 is 0. The van der Waals surface area contributed by atoms with Gasteiger partial charge in [0.1, 0.15) is 0 Å². The van der Waals surface area contributed by atoms with Crippen LogP contribution in [-0.2, 0) is 0 Å². The summed E-state index contributed by atoms with van der Waals surface area (Å²) in [6, 6.07) is 5.86. The minimum absolute atomic E-state index is 0.0187. The zero-order valence-electron chi connectivity index (χ0n) is 9.18. The van der Waals surface area contributed by atoms with Crippen LogP contribution in [0, 0.1) is 27.9 Å². The summed E-state index contributed by atoms with van der Waals surface area (Å²) in [5.41, 5.74) is 0.658. The Kier molecular flexibility index (Phi) is 4.03. The van der Waals surface area contributed by atoms with Gasteiger partial charge in [-0.15, -0.1) is 5.92 Å². The molecule has 2 atom stereocenters. The van der Waals surface area contributed by atoms with Crippen molar-refractivity contribution in [1.82, 2.24) is 0 Å². The molecule has 16 heavy (non-hydrogen) atoms. The van der Waals surface area contributed by atoms with Crippen LogP contribution < -0.4 is 0 Å². The van der Waals surface area contributed by atoms with Gasteiger partial charge in [0, 0.05) is 18.1 Å². The Morgan fingerprint density at radius 2 is 1.94 bits per heavy atom. The van der Waals surface area contributed by atoms with Crippen molar-refractivity contribution >= 4 is 5.69 Å². The topological polar surface area (TPSA) is 63.4 Å². The van der Waals surface area contributed by atoms with E-state index in [1.165, 1.54) is 12.1 Å². The second-order valence-corrected chi connectivity index (χ2v) is 3.48. The Morgan fingerprint density at radius 1 is 1.38 bits per heavy atom. The molecular weight excluding hydrogens is 206 g/mol. The van der Waals surface area contributed by atoms with Crippen molar-refractivity contribution in [2.45, 2.75) is 20.0 Å². The lowest BCUT2D eigenvalue weighted by molar-refractivity contribution is -0.384. The zero-order valence-corrected chi connectivity index (χ0v) is 9.18. The molecule has 1 rings (SSSR count). The van der Waals surface area contributed by atoms with Crippen molar-refractivity contribution in [1.29, 1.82) is 0 Å². The number of benzene rings is 1. The van der Waals surface area contributed by atoms with E-state index < -0.39 is 11.0 Å². The van der Waals surface area contributed by atoms with Crippen LogP contribution >= 0.6 is 0 Å². The molecule has 0 heterocycles. The molecule has 84 valence electrons. The predicted molar refractivity (Wildman–Crippen MR) is 60.7 cm³/mol. The molecule has 1 N–H and O–H groups in total. The predicted octanol–water partition coefficient (Wildman–Crippen LogP) is 2.29. The van der Waals surface area contributed by atoms with E-state index in [9.17, 15) is 15.2 Å².